The van der Waals surface area contributed by atoms with Crippen LogP contribution in [0.2, 0.25) is 0 Å². The number of rotatable bonds is 8. The Kier molecular flexibility index (Phi) is 8.09. The lowest BCUT2D eigenvalue weighted by Crippen LogP contribution is -2.49. The van der Waals surface area contributed by atoms with Gasteiger partial charge in [-0.2, -0.15) is 0 Å². The maximum absolute atomic E-state index is 12.9. The molecule has 3 rings (SSSR count). The van der Waals surface area contributed by atoms with Crippen molar-refractivity contribution in [2.24, 2.45) is 5.41 Å². The first-order valence-electron chi connectivity index (χ1n) is 11.1. The van der Waals surface area contributed by atoms with Gasteiger partial charge in [0.05, 0.1) is 34.1 Å². The zero-order valence-corrected chi connectivity index (χ0v) is 20.4. The average molecular weight is 472 g/mol. The number of urea groups is 1. The molecule has 0 aromatic heterocycles. The van der Waals surface area contributed by atoms with Crippen LogP contribution >= 0.6 is 0 Å². The number of hydrogen-bond donors (Lipinski definition) is 2. The molecule has 34 heavy (non-hydrogen) atoms. The second-order valence-corrected chi connectivity index (χ2v) is 8.42. The summed E-state index contributed by atoms with van der Waals surface area (Å²) >= 11 is 0. The van der Waals surface area contributed by atoms with Gasteiger partial charge in [0.25, 0.3) is 0 Å². The van der Waals surface area contributed by atoms with Gasteiger partial charge in [-0.1, -0.05) is 19.1 Å². The molecule has 1 fully saturated rings. The van der Waals surface area contributed by atoms with Gasteiger partial charge in [0, 0.05) is 37.2 Å². The number of hydrogen-bond acceptors (Lipinski definition) is 6. The summed E-state index contributed by atoms with van der Waals surface area (Å²) in [6.07, 6.45) is 1.15. The number of nitrogens with one attached hydrogen (secondary N) is 2. The fourth-order valence-corrected chi connectivity index (χ4v) is 3.93. The minimum atomic E-state index is -0.532. The second-order valence-electron chi connectivity index (χ2n) is 8.42. The fraction of sp³-hybridized carbons (Fsp3) is 0.440. The zero-order valence-electron chi connectivity index (χ0n) is 20.4. The monoisotopic (exact) mass is 471 g/mol. The van der Waals surface area contributed by atoms with E-state index in [1.54, 1.807) is 24.1 Å². The van der Waals surface area contributed by atoms with E-state index in [1.807, 2.05) is 31.2 Å². The molecular weight excluding hydrogens is 438 g/mol. The molecule has 1 aliphatic rings. The van der Waals surface area contributed by atoms with E-state index in [0.717, 1.165) is 11.3 Å². The lowest BCUT2D eigenvalue weighted by atomic mass is 9.79. The zero-order chi connectivity index (χ0) is 24.7. The molecule has 1 saturated heterocycles. The van der Waals surface area contributed by atoms with Crippen LogP contribution < -0.4 is 29.6 Å². The molecule has 0 saturated carbocycles. The van der Waals surface area contributed by atoms with E-state index in [0.29, 0.717) is 55.4 Å². The number of carbonyl (C=O) groups excluding carboxylic acids is 2. The molecule has 2 aromatic carbocycles. The summed E-state index contributed by atoms with van der Waals surface area (Å²) in [7, 11) is 6.19. The number of benzene rings is 2. The number of amides is 3. The fourth-order valence-electron chi connectivity index (χ4n) is 3.93. The van der Waals surface area contributed by atoms with Crippen molar-refractivity contribution in [3.8, 4) is 23.0 Å². The van der Waals surface area contributed by atoms with Crippen molar-refractivity contribution in [3.05, 3.63) is 42.0 Å². The van der Waals surface area contributed by atoms with E-state index in [1.165, 1.54) is 21.3 Å². The average Bonchev–Trinajstić information content (AvgIpc) is 2.87. The van der Waals surface area contributed by atoms with Crippen molar-refractivity contribution in [2.75, 3.05) is 46.8 Å². The predicted octanol–water partition coefficient (Wildman–Crippen LogP) is 3.67. The van der Waals surface area contributed by atoms with E-state index < -0.39 is 5.41 Å². The lowest BCUT2D eigenvalue weighted by Gasteiger charge is -2.38. The first kappa shape index (κ1) is 25.0. The normalized spacial score (nSPS) is 14.7. The van der Waals surface area contributed by atoms with Crippen molar-refractivity contribution in [3.63, 3.8) is 0 Å². The van der Waals surface area contributed by atoms with Crippen LogP contribution in [0, 0.1) is 5.41 Å². The molecular formula is C25H33N3O6. The Morgan fingerprint density at radius 3 is 2.00 bits per heavy atom. The molecule has 0 spiro atoms. The van der Waals surface area contributed by atoms with Gasteiger partial charge in [0.15, 0.2) is 11.5 Å². The molecule has 2 aromatic rings. The Balaban J connectivity index is 1.55. The van der Waals surface area contributed by atoms with Crippen LogP contribution in [0.4, 0.5) is 10.5 Å². The first-order valence-corrected chi connectivity index (χ1v) is 11.1. The van der Waals surface area contributed by atoms with E-state index in [-0.39, 0.29) is 11.9 Å². The van der Waals surface area contributed by atoms with Gasteiger partial charge >= 0.3 is 6.03 Å². The number of anilines is 1. The highest BCUT2D eigenvalue weighted by molar-refractivity contribution is 5.90. The van der Waals surface area contributed by atoms with E-state index in [2.05, 4.69) is 10.6 Å². The molecule has 9 heteroatoms. The summed E-state index contributed by atoms with van der Waals surface area (Å²) in [4.78, 5) is 27.5. The highest BCUT2D eigenvalue weighted by atomic mass is 16.5. The summed E-state index contributed by atoms with van der Waals surface area (Å²) in [6.45, 7) is 3.35. The Hall–Kier alpha value is -3.62. The Bertz CT molecular complexity index is 975. The van der Waals surface area contributed by atoms with Gasteiger partial charge in [-0.05, 0) is 30.5 Å². The smallest absolute Gasteiger partial charge is 0.321 e. The standard InChI is InChI=1S/C25H33N3O6/c1-25(23(29)26-16-17-6-8-19(31-2)9-7-17)10-12-28(13-11-25)24(30)27-18-14-20(32-3)22(34-5)21(15-18)33-4/h6-9,14-15H,10-13,16H2,1-5H3,(H,26,29)(H,27,30). The van der Waals surface area contributed by atoms with Crippen LogP contribution in [0.1, 0.15) is 25.3 Å². The molecule has 0 radical (unpaired) electrons. The molecule has 1 aliphatic heterocycles. The summed E-state index contributed by atoms with van der Waals surface area (Å²) in [5, 5.41) is 5.91. The second kappa shape index (κ2) is 11.0. The Labute approximate surface area is 200 Å². The maximum atomic E-state index is 12.9. The van der Waals surface area contributed by atoms with Crippen LogP contribution in [-0.2, 0) is 11.3 Å². The van der Waals surface area contributed by atoms with Crippen molar-refractivity contribution in [1.82, 2.24) is 10.2 Å². The van der Waals surface area contributed by atoms with Crippen molar-refractivity contribution in [1.29, 1.82) is 0 Å². The SMILES string of the molecule is COc1ccc(CNC(=O)C2(C)CCN(C(=O)Nc3cc(OC)c(OC)c(OC)c3)CC2)cc1. The molecule has 0 bridgehead atoms. The summed E-state index contributed by atoms with van der Waals surface area (Å²) in [5.74, 6) is 2.14. The number of nitrogens with zero attached hydrogens (tertiary/aromatic N) is 1. The number of piperidine rings is 1. The quantitative estimate of drug-likeness (QED) is 0.610. The molecule has 9 nitrogen and oxygen atoms in total. The molecule has 0 aliphatic carbocycles. The highest BCUT2D eigenvalue weighted by Crippen LogP contribution is 2.40. The topological polar surface area (TPSA) is 98.4 Å². The van der Waals surface area contributed by atoms with Crippen LogP contribution in [0.25, 0.3) is 0 Å². The third-order valence-corrected chi connectivity index (χ3v) is 6.23. The van der Waals surface area contributed by atoms with Crippen molar-refractivity contribution in [2.45, 2.75) is 26.3 Å². The molecule has 1 heterocycles. The Morgan fingerprint density at radius 2 is 1.50 bits per heavy atom. The molecule has 3 amide bonds. The van der Waals surface area contributed by atoms with Gasteiger partial charge in [0.2, 0.25) is 11.7 Å². The van der Waals surface area contributed by atoms with Crippen LogP contribution in [0.3, 0.4) is 0 Å². The minimum absolute atomic E-state index is 0.00648. The lowest BCUT2D eigenvalue weighted by molar-refractivity contribution is -0.132. The van der Waals surface area contributed by atoms with Gasteiger partial charge in [0.1, 0.15) is 5.75 Å². The largest absolute Gasteiger partial charge is 0.497 e. The van der Waals surface area contributed by atoms with E-state index in [4.69, 9.17) is 18.9 Å². The highest BCUT2D eigenvalue weighted by Gasteiger charge is 2.38. The van der Waals surface area contributed by atoms with Crippen molar-refractivity contribution >= 4 is 17.6 Å². The summed E-state index contributed by atoms with van der Waals surface area (Å²) in [6, 6.07) is 10.7. The summed E-state index contributed by atoms with van der Waals surface area (Å²) in [5.41, 5.74) is 1.00. The summed E-state index contributed by atoms with van der Waals surface area (Å²) < 4.78 is 21.2. The number of methoxy groups -OCH3 is 4. The molecule has 2 N–H and O–H groups in total. The molecule has 0 atom stereocenters. The van der Waals surface area contributed by atoms with E-state index >= 15 is 0 Å². The number of likely N-dealkylation sites (tertiary alicyclic amines) is 1. The van der Waals surface area contributed by atoms with E-state index in [9.17, 15) is 9.59 Å². The molecule has 184 valence electrons. The van der Waals surface area contributed by atoms with Crippen molar-refractivity contribution < 1.29 is 28.5 Å². The minimum Gasteiger partial charge on any atom is -0.497 e. The van der Waals surface area contributed by atoms with Crippen LogP contribution in [0.5, 0.6) is 23.0 Å². The third kappa shape index (κ3) is 5.65. The predicted molar refractivity (Wildman–Crippen MR) is 129 cm³/mol. The molecule has 0 unspecified atom stereocenters. The van der Waals surface area contributed by atoms with Gasteiger partial charge in [-0.25, -0.2) is 4.79 Å². The van der Waals surface area contributed by atoms with Gasteiger partial charge < -0.3 is 34.5 Å². The van der Waals surface area contributed by atoms with Crippen LogP contribution in [0.15, 0.2) is 36.4 Å². The third-order valence-electron chi connectivity index (χ3n) is 6.23. The van der Waals surface area contributed by atoms with Crippen LogP contribution in [-0.4, -0.2) is 58.4 Å². The van der Waals surface area contributed by atoms with Gasteiger partial charge in [-0.15, -0.1) is 0 Å². The van der Waals surface area contributed by atoms with Gasteiger partial charge in [-0.3, -0.25) is 4.79 Å². The number of ether oxygens (including phenoxy) is 4. The maximum Gasteiger partial charge on any atom is 0.321 e. The Morgan fingerprint density at radius 1 is 0.912 bits per heavy atom. The number of carbonyl (C=O) groups is 2. The first-order chi connectivity index (χ1) is 16.3.